The quantitative estimate of drug-likeness (QED) is 0.869. The van der Waals surface area contributed by atoms with E-state index in [4.69, 9.17) is 16.9 Å². The molecule has 0 radical (unpaired) electrons. The molecule has 7 heteroatoms. The van der Waals surface area contributed by atoms with Crippen LogP contribution in [0.25, 0.3) is 0 Å². The molecule has 0 aliphatic rings. The minimum Gasteiger partial charge on any atom is -0.254 e. The Morgan fingerprint density at radius 1 is 1.30 bits per heavy atom. The number of hydrogen-bond donors (Lipinski definition) is 0. The molecule has 0 saturated carbocycles. The fraction of sp³-hybridized carbons (Fsp3) is 0.154. The summed E-state index contributed by atoms with van der Waals surface area (Å²) in [5.74, 6) is 0. The SMILES string of the molecule is Cc1ccc(S(=O)(=O)c2cnc(CC#N)c(Cl)n2)cc1. The summed E-state index contributed by atoms with van der Waals surface area (Å²) >= 11 is 5.84. The van der Waals surface area contributed by atoms with E-state index in [0.717, 1.165) is 11.8 Å². The molecule has 0 spiro atoms. The highest BCUT2D eigenvalue weighted by molar-refractivity contribution is 7.91. The molecule has 2 rings (SSSR count). The van der Waals surface area contributed by atoms with E-state index >= 15 is 0 Å². The first-order valence-electron chi connectivity index (χ1n) is 5.65. The van der Waals surface area contributed by atoms with Gasteiger partial charge in [-0.1, -0.05) is 29.3 Å². The van der Waals surface area contributed by atoms with Gasteiger partial charge in [0.1, 0.15) is 0 Å². The van der Waals surface area contributed by atoms with Gasteiger partial charge in [-0.2, -0.15) is 5.26 Å². The molecule has 0 atom stereocenters. The fourth-order valence-corrected chi connectivity index (χ4v) is 2.93. The monoisotopic (exact) mass is 307 g/mol. The first-order valence-corrected chi connectivity index (χ1v) is 7.51. The third kappa shape index (κ3) is 2.79. The van der Waals surface area contributed by atoms with Crippen molar-refractivity contribution >= 4 is 21.4 Å². The van der Waals surface area contributed by atoms with Crippen LogP contribution in [0.3, 0.4) is 0 Å². The number of nitriles is 1. The second-order valence-electron chi connectivity index (χ2n) is 4.10. The highest BCUT2D eigenvalue weighted by Crippen LogP contribution is 2.21. The van der Waals surface area contributed by atoms with Crippen molar-refractivity contribution < 1.29 is 8.42 Å². The summed E-state index contributed by atoms with van der Waals surface area (Å²) in [7, 11) is -3.75. The molecule has 1 aromatic carbocycles. The Kier molecular flexibility index (Phi) is 4.02. The zero-order valence-electron chi connectivity index (χ0n) is 10.5. The summed E-state index contributed by atoms with van der Waals surface area (Å²) in [5, 5.41) is 8.28. The summed E-state index contributed by atoms with van der Waals surface area (Å²) in [6.07, 6.45) is 1.10. The first kappa shape index (κ1) is 14.4. The van der Waals surface area contributed by atoms with E-state index in [1.807, 2.05) is 13.0 Å². The molecule has 0 bridgehead atoms. The Hall–Kier alpha value is -1.97. The zero-order valence-corrected chi connectivity index (χ0v) is 12.1. The molecule has 0 amide bonds. The average Bonchev–Trinajstić information content (AvgIpc) is 2.41. The highest BCUT2D eigenvalue weighted by atomic mass is 35.5. The Labute approximate surface area is 121 Å². The van der Waals surface area contributed by atoms with Crippen LogP contribution in [0, 0.1) is 18.3 Å². The maximum absolute atomic E-state index is 12.3. The molecule has 1 aromatic heterocycles. The lowest BCUT2D eigenvalue weighted by atomic mass is 10.2. The molecule has 0 aliphatic heterocycles. The van der Waals surface area contributed by atoms with Crippen LogP contribution in [0.1, 0.15) is 11.3 Å². The van der Waals surface area contributed by atoms with Crippen LogP contribution in [0.4, 0.5) is 0 Å². The van der Waals surface area contributed by atoms with Gasteiger partial charge in [-0.25, -0.2) is 13.4 Å². The van der Waals surface area contributed by atoms with Crippen molar-refractivity contribution in [2.24, 2.45) is 0 Å². The number of aromatic nitrogens is 2. The Balaban J connectivity index is 2.47. The standard InChI is InChI=1S/C13H10ClN3O2S/c1-9-2-4-10(5-3-9)20(18,19)12-8-16-11(6-7-15)13(14)17-12/h2-5,8H,6H2,1H3. The lowest BCUT2D eigenvalue weighted by Gasteiger charge is -2.05. The lowest BCUT2D eigenvalue weighted by Crippen LogP contribution is -2.07. The predicted molar refractivity (Wildman–Crippen MR) is 73.0 cm³/mol. The van der Waals surface area contributed by atoms with Gasteiger partial charge in [0, 0.05) is 0 Å². The van der Waals surface area contributed by atoms with Crippen molar-refractivity contribution in [2.45, 2.75) is 23.3 Å². The fourth-order valence-electron chi connectivity index (χ4n) is 1.54. The highest BCUT2D eigenvalue weighted by Gasteiger charge is 2.21. The third-order valence-corrected chi connectivity index (χ3v) is 4.57. The van der Waals surface area contributed by atoms with Gasteiger partial charge in [0.05, 0.1) is 29.3 Å². The molecule has 0 aliphatic carbocycles. The average molecular weight is 308 g/mol. The van der Waals surface area contributed by atoms with Gasteiger partial charge in [-0.3, -0.25) is 4.98 Å². The second kappa shape index (κ2) is 5.57. The topological polar surface area (TPSA) is 83.7 Å². The smallest absolute Gasteiger partial charge is 0.225 e. The van der Waals surface area contributed by atoms with Gasteiger partial charge in [-0.15, -0.1) is 0 Å². The molecule has 5 nitrogen and oxygen atoms in total. The minimum atomic E-state index is -3.75. The van der Waals surface area contributed by atoms with E-state index in [2.05, 4.69) is 9.97 Å². The molecule has 0 saturated heterocycles. The molecule has 102 valence electrons. The van der Waals surface area contributed by atoms with E-state index in [1.54, 1.807) is 12.1 Å². The normalized spacial score (nSPS) is 11.1. The van der Waals surface area contributed by atoms with E-state index in [9.17, 15) is 8.42 Å². The first-order chi connectivity index (χ1) is 9.45. The van der Waals surface area contributed by atoms with Gasteiger partial charge >= 0.3 is 0 Å². The van der Waals surface area contributed by atoms with E-state index < -0.39 is 9.84 Å². The van der Waals surface area contributed by atoms with E-state index in [0.29, 0.717) is 0 Å². The van der Waals surface area contributed by atoms with Crippen molar-refractivity contribution in [3.8, 4) is 6.07 Å². The molecule has 2 aromatic rings. The van der Waals surface area contributed by atoms with Crippen LogP contribution in [0.2, 0.25) is 5.15 Å². The van der Waals surface area contributed by atoms with Gasteiger partial charge in [0.2, 0.25) is 9.84 Å². The number of benzene rings is 1. The maximum Gasteiger partial charge on any atom is 0.225 e. The summed E-state index contributed by atoms with van der Waals surface area (Å²) in [6, 6.07) is 8.29. The van der Waals surface area contributed by atoms with Crippen molar-refractivity contribution in [2.75, 3.05) is 0 Å². The molecule has 0 N–H and O–H groups in total. The van der Waals surface area contributed by atoms with Crippen molar-refractivity contribution in [3.05, 3.63) is 46.9 Å². The van der Waals surface area contributed by atoms with E-state index in [-0.39, 0.29) is 27.2 Å². The van der Waals surface area contributed by atoms with Crippen LogP contribution < -0.4 is 0 Å². The zero-order chi connectivity index (χ0) is 14.8. The predicted octanol–water partition coefficient (Wildman–Crippen LogP) is 2.34. The molecule has 0 fully saturated rings. The van der Waals surface area contributed by atoms with Crippen LogP contribution in [-0.2, 0) is 16.3 Å². The number of hydrogen-bond acceptors (Lipinski definition) is 5. The molecule has 0 unspecified atom stereocenters. The van der Waals surface area contributed by atoms with Gasteiger partial charge < -0.3 is 0 Å². The van der Waals surface area contributed by atoms with Crippen LogP contribution in [-0.4, -0.2) is 18.4 Å². The van der Waals surface area contributed by atoms with Crippen LogP contribution >= 0.6 is 11.6 Å². The Morgan fingerprint density at radius 3 is 2.50 bits per heavy atom. The number of rotatable bonds is 3. The Bertz CT molecular complexity index is 780. The molecular formula is C13H10ClN3O2S. The summed E-state index contributed by atoms with van der Waals surface area (Å²) < 4.78 is 24.7. The van der Waals surface area contributed by atoms with Gasteiger partial charge in [0.25, 0.3) is 0 Å². The van der Waals surface area contributed by atoms with Crippen molar-refractivity contribution in [3.63, 3.8) is 0 Å². The summed E-state index contributed by atoms with van der Waals surface area (Å²) in [6.45, 7) is 1.86. The second-order valence-corrected chi connectivity index (χ2v) is 6.35. The van der Waals surface area contributed by atoms with E-state index in [1.165, 1.54) is 12.1 Å². The van der Waals surface area contributed by atoms with Gasteiger partial charge in [-0.05, 0) is 19.1 Å². The molecule has 20 heavy (non-hydrogen) atoms. The summed E-state index contributed by atoms with van der Waals surface area (Å²) in [5.41, 5.74) is 1.22. The number of sulfone groups is 1. The minimum absolute atomic E-state index is 0.0172. The lowest BCUT2D eigenvalue weighted by molar-refractivity contribution is 0.591. The largest absolute Gasteiger partial charge is 0.254 e. The maximum atomic E-state index is 12.3. The molecule has 1 heterocycles. The number of halogens is 1. The Morgan fingerprint density at radius 2 is 1.95 bits per heavy atom. The van der Waals surface area contributed by atoms with Crippen LogP contribution in [0.5, 0.6) is 0 Å². The van der Waals surface area contributed by atoms with Crippen molar-refractivity contribution in [1.29, 1.82) is 5.26 Å². The number of nitrogens with zero attached hydrogens (tertiary/aromatic N) is 3. The van der Waals surface area contributed by atoms with Crippen LogP contribution in [0.15, 0.2) is 40.4 Å². The summed E-state index contributed by atoms with van der Waals surface area (Å²) in [4.78, 5) is 7.83. The third-order valence-electron chi connectivity index (χ3n) is 2.63. The molecular weight excluding hydrogens is 298 g/mol. The van der Waals surface area contributed by atoms with Gasteiger partial charge in [0.15, 0.2) is 10.2 Å². The number of aryl methyl sites for hydroxylation is 1. The van der Waals surface area contributed by atoms with Crippen molar-refractivity contribution in [1.82, 2.24) is 9.97 Å².